The summed E-state index contributed by atoms with van der Waals surface area (Å²) >= 11 is 6.68. The molecule has 1 amide bonds. The number of anilines is 1. The van der Waals surface area contributed by atoms with Crippen molar-refractivity contribution in [3.8, 4) is 23.0 Å². The summed E-state index contributed by atoms with van der Waals surface area (Å²) in [5.74, 6) is -2.56. The van der Waals surface area contributed by atoms with Crippen molar-refractivity contribution in [2.75, 3.05) is 11.9 Å². The Hall–Kier alpha value is -5.33. The first-order valence-corrected chi connectivity index (χ1v) is 17.7. The minimum Gasteiger partial charge on any atom is -0.378 e. The first-order chi connectivity index (χ1) is 26.0. The van der Waals surface area contributed by atoms with E-state index in [1.165, 1.54) is 26.0 Å². The van der Waals surface area contributed by atoms with Gasteiger partial charge in [-0.1, -0.05) is 35.7 Å². The van der Waals surface area contributed by atoms with Crippen molar-refractivity contribution < 1.29 is 36.2 Å². The van der Waals surface area contributed by atoms with E-state index < -0.39 is 71.3 Å². The lowest BCUT2D eigenvalue weighted by molar-refractivity contribution is -0.123. The number of hydrogen-bond acceptors (Lipinski definition) is 6. The maximum atomic E-state index is 15.6. The molecule has 0 radical (unpaired) electrons. The van der Waals surface area contributed by atoms with Crippen LogP contribution in [0.1, 0.15) is 73.1 Å². The fraction of sp³-hybridized carbons (Fsp3) is 0.333. The standard InChI is InChI=1S/C39H34ClF6N7O2/c1-5-47-37-31-27(40)11-9-24(34(31)52(4)51-37)23-7-6-22(12-13-38(2,3)55)48-32(23)28(16-19-14-20(41)17-21(42)15-19)49-29(54)18-53-35-30(33(50-53)36(43)44)25-8-10-26(25)39(35,45)46/h6-11,14-15,17,25-26,28,36,55H,5,16,18H2,1-4H3,(H,47,51)(H,49,54)/t25-,26+,28-/m0/s1. The molecule has 3 atom stereocenters. The minimum absolute atomic E-state index is 0.105. The van der Waals surface area contributed by atoms with Crippen molar-refractivity contribution >= 4 is 34.2 Å². The number of aryl methyl sites for hydroxylation is 1. The van der Waals surface area contributed by atoms with Gasteiger partial charge in [0.15, 0.2) is 5.82 Å². The fourth-order valence-corrected chi connectivity index (χ4v) is 7.50. The number of benzene rings is 2. The molecule has 0 saturated heterocycles. The lowest BCUT2D eigenvalue weighted by atomic mass is 9.81. The van der Waals surface area contributed by atoms with Crippen molar-refractivity contribution in [2.45, 2.75) is 63.6 Å². The number of pyridine rings is 1. The SMILES string of the molecule is CCNc1nn(C)c2c(-c3ccc(C#CC(C)(C)O)nc3[C@H](Cc3cc(F)cc(F)c3)NC(=O)Cn3nc(C(F)F)c4c3C(F)(F)[C@@H]3C=C[C@H]43)ccc(Cl)c12. The number of fused-ring (bicyclic) bond motifs is 4. The average molecular weight is 782 g/mol. The van der Waals surface area contributed by atoms with Gasteiger partial charge in [-0.3, -0.25) is 14.2 Å². The number of hydrogen-bond donors (Lipinski definition) is 3. The Morgan fingerprint density at radius 2 is 1.76 bits per heavy atom. The van der Waals surface area contributed by atoms with Gasteiger partial charge in [0.05, 0.1) is 33.6 Å². The highest BCUT2D eigenvalue weighted by atomic mass is 35.5. The van der Waals surface area contributed by atoms with Gasteiger partial charge in [0, 0.05) is 42.3 Å². The van der Waals surface area contributed by atoms with E-state index in [4.69, 9.17) is 16.6 Å². The maximum Gasteiger partial charge on any atom is 0.296 e. The molecule has 0 saturated carbocycles. The lowest BCUT2D eigenvalue weighted by Gasteiger charge is -2.27. The summed E-state index contributed by atoms with van der Waals surface area (Å²) < 4.78 is 90.7. The van der Waals surface area contributed by atoms with Gasteiger partial charge in [0.25, 0.3) is 12.3 Å². The van der Waals surface area contributed by atoms with Crippen LogP contribution in [0.25, 0.3) is 22.0 Å². The molecular formula is C39H34ClF6N7O2. The topological polar surface area (TPSA) is 110 Å². The van der Waals surface area contributed by atoms with Crippen LogP contribution in [0.4, 0.5) is 32.2 Å². The van der Waals surface area contributed by atoms with Crippen molar-refractivity contribution in [1.82, 2.24) is 29.9 Å². The van der Waals surface area contributed by atoms with E-state index in [9.17, 15) is 27.5 Å². The highest BCUT2D eigenvalue weighted by molar-refractivity contribution is 6.37. The van der Waals surface area contributed by atoms with Crippen LogP contribution in [-0.4, -0.2) is 47.7 Å². The van der Waals surface area contributed by atoms with Gasteiger partial charge in [-0.05, 0) is 69.0 Å². The second kappa shape index (κ2) is 14.1. The molecule has 5 aromatic rings. The number of halogens is 7. The molecule has 0 fully saturated rings. The van der Waals surface area contributed by atoms with Crippen molar-refractivity contribution in [2.24, 2.45) is 13.0 Å². The number of carbonyl (C=O) groups excluding carboxylic acids is 1. The zero-order valence-electron chi connectivity index (χ0n) is 29.9. The van der Waals surface area contributed by atoms with E-state index >= 15 is 8.78 Å². The van der Waals surface area contributed by atoms with Crippen LogP contribution in [0.5, 0.6) is 0 Å². The number of amides is 1. The zero-order chi connectivity index (χ0) is 39.6. The highest BCUT2D eigenvalue weighted by Gasteiger charge is 2.60. The fourth-order valence-electron chi connectivity index (χ4n) is 7.26. The van der Waals surface area contributed by atoms with Crippen LogP contribution in [0.3, 0.4) is 0 Å². The third-order valence-corrected chi connectivity index (χ3v) is 9.83. The van der Waals surface area contributed by atoms with Crippen LogP contribution in [0, 0.1) is 29.4 Å². The largest absolute Gasteiger partial charge is 0.378 e. The number of nitrogens with one attached hydrogen (secondary N) is 2. The molecule has 0 aliphatic heterocycles. The predicted octanol–water partition coefficient (Wildman–Crippen LogP) is 7.73. The van der Waals surface area contributed by atoms with Crippen molar-refractivity contribution in [3.63, 3.8) is 0 Å². The maximum absolute atomic E-state index is 15.6. The van der Waals surface area contributed by atoms with E-state index in [0.29, 0.717) is 50.2 Å². The number of aromatic nitrogens is 5. The molecule has 2 aliphatic carbocycles. The second-order valence-corrected chi connectivity index (χ2v) is 14.4. The minimum atomic E-state index is -3.57. The van der Waals surface area contributed by atoms with E-state index in [2.05, 4.69) is 32.7 Å². The average Bonchev–Trinajstić information content (AvgIpc) is 3.65. The molecule has 16 heteroatoms. The number of rotatable bonds is 10. The summed E-state index contributed by atoms with van der Waals surface area (Å²) in [7, 11) is 1.71. The van der Waals surface area contributed by atoms with Gasteiger partial charge >= 0.3 is 0 Å². The molecule has 3 N–H and O–H groups in total. The first kappa shape index (κ1) is 38.0. The van der Waals surface area contributed by atoms with Crippen LogP contribution in [0.15, 0.2) is 54.6 Å². The molecule has 0 bridgehead atoms. The Morgan fingerprint density at radius 1 is 1.05 bits per heavy atom. The Kier molecular flexibility index (Phi) is 9.71. The Bertz CT molecular complexity index is 2420. The van der Waals surface area contributed by atoms with Crippen LogP contribution in [-0.2, 0) is 30.7 Å². The molecule has 3 heterocycles. The quantitative estimate of drug-likeness (QED) is 0.0761. The van der Waals surface area contributed by atoms with Gasteiger partial charge < -0.3 is 15.7 Å². The van der Waals surface area contributed by atoms with Gasteiger partial charge in [-0.2, -0.15) is 19.0 Å². The van der Waals surface area contributed by atoms with Gasteiger partial charge in [-0.25, -0.2) is 22.5 Å². The van der Waals surface area contributed by atoms with Crippen LogP contribution >= 0.6 is 11.6 Å². The molecule has 0 spiro atoms. The molecule has 0 unspecified atom stereocenters. The molecule has 286 valence electrons. The smallest absolute Gasteiger partial charge is 0.296 e. The number of carbonyl (C=O) groups is 1. The summed E-state index contributed by atoms with van der Waals surface area (Å²) in [6.07, 6.45) is -0.782. The van der Waals surface area contributed by atoms with E-state index in [0.717, 1.165) is 12.1 Å². The van der Waals surface area contributed by atoms with Crippen LogP contribution in [0.2, 0.25) is 5.02 Å². The molecule has 2 aromatic carbocycles. The van der Waals surface area contributed by atoms with Crippen LogP contribution < -0.4 is 10.6 Å². The predicted molar refractivity (Wildman–Crippen MR) is 194 cm³/mol. The molecule has 7 rings (SSSR count). The summed E-state index contributed by atoms with van der Waals surface area (Å²) in [4.78, 5) is 18.7. The molecule has 9 nitrogen and oxygen atoms in total. The molecular weight excluding hydrogens is 748 g/mol. The third kappa shape index (κ3) is 7.04. The molecule has 2 aliphatic rings. The van der Waals surface area contributed by atoms with Crippen molar-refractivity contribution in [1.29, 1.82) is 0 Å². The lowest BCUT2D eigenvalue weighted by Crippen LogP contribution is -2.35. The number of aliphatic hydroxyl groups is 1. The molecule has 55 heavy (non-hydrogen) atoms. The van der Waals surface area contributed by atoms with E-state index in [1.54, 1.807) is 36.0 Å². The third-order valence-electron chi connectivity index (χ3n) is 9.52. The Balaban J connectivity index is 1.38. The second-order valence-electron chi connectivity index (χ2n) is 14.0. The number of allylic oxidation sites excluding steroid dienone is 2. The van der Waals surface area contributed by atoms with E-state index in [-0.39, 0.29) is 28.9 Å². The monoisotopic (exact) mass is 781 g/mol. The number of alkyl halides is 4. The zero-order valence-corrected chi connectivity index (χ0v) is 30.6. The highest BCUT2D eigenvalue weighted by Crippen LogP contribution is 2.60. The summed E-state index contributed by atoms with van der Waals surface area (Å²) in [5.41, 5.74) is -1.37. The Morgan fingerprint density at radius 3 is 2.40 bits per heavy atom. The summed E-state index contributed by atoms with van der Waals surface area (Å²) in [6, 6.07) is 8.23. The number of nitrogens with zero attached hydrogens (tertiary/aromatic N) is 5. The molecule has 3 aromatic heterocycles. The van der Waals surface area contributed by atoms with Gasteiger partial charge in [0.1, 0.15) is 40.9 Å². The summed E-state index contributed by atoms with van der Waals surface area (Å²) in [5, 5.41) is 25.6. The Labute approximate surface area is 316 Å². The van der Waals surface area contributed by atoms with Gasteiger partial charge in [0.2, 0.25) is 5.91 Å². The first-order valence-electron chi connectivity index (χ1n) is 17.3. The summed E-state index contributed by atoms with van der Waals surface area (Å²) in [6.45, 7) is 4.49. The normalized spacial score (nSPS) is 17.4. The van der Waals surface area contributed by atoms with Gasteiger partial charge in [-0.15, -0.1) is 0 Å². The van der Waals surface area contributed by atoms with Crippen molar-refractivity contribution in [3.05, 3.63) is 105 Å². The van der Waals surface area contributed by atoms with E-state index in [1.807, 2.05) is 6.92 Å².